The molecule has 0 saturated heterocycles. The molecule has 0 bridgehead atoms. The van der Waals surface area contributed by atoms with Gasteiger partial charge in [-0.3, -0.25) is 9.59 Å². The van der Waals surface area contributed by atoms with Crippen molar-refractivity contribution < 1.29 is 24.5 Å². The molecule has 0 aromatic heterocycles. The number of nitrogens with one attached hydrogen (secondary N) is 1. The van der Waals surface area contributed by atoms with E-state index in [1.807, 2.05) is 0 Å². The summed E-state index contributed by atoms with van der Waals surface area (Å²) in [5.74, 6) is -0.0333. The predicted molar refractivity (Wildman–Crippen MR) is 366 cm³/mol. The third-order valence-corrected chi connectivity index (χ3v) is 17.7. The summed E-state index contributed by atoms with van der Waals surface area (Å²) in [6.07, 6.45) is 93.5. The molecule has 83 heavy (non-hydrogen) atoms. The Morgan fingerprint density at radius 3 is 0.928 bits per heavy atom. The Kier molecular flexibility index (Phi) is 70.9. The predicted octanol–water partition coefficient (Wildman–Crippen LogP) is 24.7. The smallest absolute Gasteiger partial charge is 0.305 e. The largest absolute Gasteiger partial charge is 0.466 e. The van der Waals surface area contributed by atoms with Gasteiger partial charge in [0.25, 0.3) is 0 Å². The zero-order valence-electron chi connectivity index (χ0n) is 56.2. The van der Waals surface area contributed by atoms with Crippen LogP contribution in [0.4, 0.5) is 0 Å². The third kappa shape index (κ3) is 69.1. The van der Waals surface area contributed by atoms with E-state index in [4.69, 9.17) is 4.74 Å². The fourth-order valence-electron chi connectivity index (χ4n) is 11.9. The highest BCUT2D eigenvalue weighted by Gasteiger charge is 2.20. The van der Waals surface area contributed by atoms with Crippen molar-refractivity contribution in [3.05, 3.63) is 36.5 Å². The molecular weight excluding hydrogens is 1020 g/mol. The first-order valence-corrected chi connectivity index (χ1v) is 37.7. The lowest BCUT2D eigenvalue weighted by molar-refractivity contribution is -0.143. The van der Waals surface area contributed by atoms with Crippen LogP contribution >= 0.6 is 0 Å². The minimum atomic E-state index is -0.673. The molecule has 1 amide bonds. The summed E-state index contributed by atoms with van der Waals surface area (Å²) in [5, 5.41) is 23.4. The van der Waals surface area contributed by atoms with Gasteiger partial charge in [-0.15, -0.1) is 0 Å². The van der Waals surface area contributed by atoms with Gasteiger partial charge in [0.1, 0.15) is 0 Å². The Bertz CT molecular complexity index is 1340. The second kappa shape index (κ2) is 72.6. The number of rotatable bonds is 71. The summed E-state index contributed by atoms with van der Waals surface area (Å²) in [7, 11) is 0. The average molecular weight is 1170 g/mol. The zero-order chi connectivity index (χ0) is 59.9. The number of ether oxygens (including phenoxy) is 1. The second-order valence-electron chi connectivity index (χ2n) is 26.0. The molecule has 0 radical (unpaired) electrons. The Balaban J connectivity index is 3.43. The molecule has 2 unspecified atom stereocenters. The molecule has 0 aliphatic rings. The van der Waals surface area contributed by atoms with Gasteiger partial charge in [-0.05, 0) is 83.5 Å². The second-order valence-corrected chi connectivity index (χ2v) is 26.0. The first-order chi connectivity index (χ1) is 41.0. The fourth-order valence-corrected chi connectivity index (χ4v) is 11.9. The molecule has 0 fully saturated rings. The van der Waals surface area contributed by atoms with E-state index >= 15 is 0 Å². The van der Waals surface area contributed by atoms with Crippen LogP contribution < -0.4 is 5.32 Å². The number of hydrogen-bond donors (Lipinski definition) is 3. The zero-order valence-corrected chi connectivity index (χ0v) is 56.2. The maximum Gasteiger partial charge on any atom is 0.305 e. The Hall–Kier alpha value is -1.92. The highest BCUT2D eigenvalue weighted by atomic mass is 16.5. The molecule has 490 valence electrons. The van der Waals surface area contributed by atoms with Gasteiger partial charge in [0.05, 0.1) is 25.4 Å². The first-order valence-electron chi connectivity index (χ1n) is 37.7. The fraction of sp³-hybridized carbons (Fsp3) is 0.896. The topological polar surface area (TPSA) is 95.9 Å². The minimum absolute atomic E-state index is 0.00759. The van der Waals surface area contributed by atoms with Gasteiger partial charge in [0, 0.05) is 12.8 Å². The quantitative estimate of drug-likeness (QED) is 0.0320. The number of carbonyl (C=O) groups excluding carboxylic acids is 2. The Morgan fingerprint density at radius 2 is 0.602 bits per heavy atom. The number of allylic oxidation sites excluding steroid dienone is 6. The number of hydrogen-bond acceptors (Lipinski definition) is 5. The normalized spacial score (nSPS) is 12.7. The van der Waals surface area contributed by atoms with Crippen LogP contribution in [0, 0.1) is 0 Å². The number of esters is 1. The van der Waals surface area contributed by atoms with E-state index < -0.39 is 12.1 Å². The molecule has 2 atom stereocenters. The van der Waals surface area contributed by atoms with Crippen molar-refractivity contribution in [2.75, 3.05) is 13.2 Å². The Labute approximate surface area is 519 Å². The molecule has 3 N–H and O–H groups in total. The van der Waals surface area contributed by atoms with Crippen LogP contribution in [-0.2, 0) is 14.3 Å². The van der Waals surface area contributed by atoms with Crippen LogP contribution in [0.25, 0.3) is 0 Å². The van der Waals surface area contributed by atoms with Crippen LogP contribution in [0.15, 0.2) is 36.5 Å². The van der Waals surface area contributed by atoms with Crippen LogP contribution in [0.1, 0.15) is 418 Å². The molecule has 0 rings (SSSR count). The van der Waals surface area contributed by atoms with Crippen molar-refractivity contribution in [1.29, 1.82) is 0 Å². The molecule has 0 spiro atoms. The molecule has 6 heteroatoms. The molecule has 0 aromatic rings. The van der Waals surface area contributed by atoms with E-state index in [1.165, 1.54) is 327 Å². The SMILES string of the molecule is CCCCCCCC/C=C\CCCCCCCCCCCC(=O)OCCCCCCCCCCC/C=C\C/C=C\CCCCCCCCCC(=O)NC(CO)C(O)CCCCCCCCCCCCCCCCCCCCCCCCCC. The molecular formula is C77H147NO5. The van der Waals surface area contributed by atoms with Crippen LogP contribution in [0.2, 0.25) is 0 Å². The first kappa shape index (κ1) is 81.1. The van der Waals surface area contributed by atoms with E-state index in [0.717, 1.165) is 57.8 Å². The third-order valence-electron chi connectivity index (χ3n) is 17.7. The van der Waals surface area contributed by atoms with Crippen molar-refractivity contribution in [3.8, 4) is 0 Å². The van der Waals surface area contributed by atoms with Crippen molar-refractivity contribution >= 4 is 11.9 Å². The number of aliphatic hydroxyl groups excluding tert-OH is 2. The summed E-state index contributed by atoms with van der Waals surface area (Å²) < 4.78 is 5.51. The van der Waals surface area contributed by atoms with Gasteiger partial charge in [0.15, 0.2) is 0 Å². The van der Waals surface area contributed by atoms with Crippen LogP contribution in [0.5, 0.6) is 0 Å². The van der Waals surface area contributed by atoms with E-state index in [-0.39, 0.29) is 18.5 Å². The van der Waals surface area contributed by atoms with Crippen molar-refractivity contribution in [2.45, 2.75) is 431 Å². The molecule has 0 aliphatic heterocycles. The maximum atomic E-state index is 12.6. The van der Waals surface area contributed by atoms with Crippen LogP contribution in [0.3, 0.4) is 0 Å². The Morgan fingerprint density at radius 1 is 0.337 bits per heavy atom. The number of carbonyl (C=O) groups is 2. The molecule has 0 aliphatic carbocycles. The lowest BCUT2D eigenvalue weighted by atomic mass is 10.0. The lowest BCUT2D eigenvalue weighted by Crippen LogP contribution is -2.45. The number of aliphatic hydroxyl groups is 2. The van der Waals surface area contributed by atoms with Crippen molar-refractivity contribution in [2.24, 2.45) is 0 Å². The summed E-state index contributed by atoms with van der Waals surface area (Å²) in [6.45, 7) is 4.98. The summed E-state index contributed by atoms with van der Waals surface area (Å²) in [5.41, 5.74) is 0. The minimum Gasteiger partial charge on any atom is -0.466 e. The number of amides is 1. The standard InChI is InChI=1S/C77H147NO5/c1-3-5-7-9-11-13-15-17-19-21-23-24-25-27-30-34-37-41-45-49-53-57-61-65-69-75(80)74(73-79)78-76(81)70-66-62-58-54-50-46-42-38-35-31-28-26-29-32-36-40-44-48-52-56-60-64-68-72-83-77(82)71-67-63-59-55-51-47-43-39-33-22-20-18-16-14-12-10-8-6-4-2/h18,20,26,29,31,35,74-75,79-80H,3-17,19,21-25,27-28,30,32-34,36-73H2,1-2H3,(H,78,81)/b20-18-,29-26-,35-31-. The summed E-state index contributed by atoms with van der Waals surface area (Å²) in [6, 6.07) is -0.551. The summed E-state index contributed by atoms with van der Waals surface area (Å²) in [4.78, 5) is 24.7. The highest BCUT2D eigenvalue weighted by Crippen LogP contribution is 2.19. The van der Waals surface area contributed by atoms with Gasteiger partial charge in [-0.2, -0.15) is 0 Å². The van der Waals surface area contributed by atoms with Gasteiger partial charge in [-0.1, -0.05) is 359 Å². The van der Waals surface area contributed by atoms with Crippen molar-refractivity contribution in [3.63, 3.8) is 0 Å². The number of unbranched alkanes of at least 4 members (excludes halogenated alkanes) is 54. The van der Waals surface area contributed by atoms with E-state index in [9.17, 15) is 19.8 Å². The monoisotopic (exact) mass is 1170 g/mol. The molecule has 6 nitrogen and oxygen atoms in total. The van der Waals surface area contributed by atoms with Gasteiger partial charge in [-0.25, -0.2) is 0 Å². The van der Waals surface area contributed by atoms with Gasteiger partial charge < -0.3 is 20.3 Å². The lowest BCUT2D eigenvalue weighted by Gasteiger charge is -2.22. The van der Waals surface area contributed by atoms with E-state index in [0.29, 0.717) is 25.9 Å². The van der Waals surface area contributed by atoms with Crippen molar-refractivity contribution in [1.82, 2.24) is 5.32 Å². The van der Waals surface area contributed by atoms with Crippen LogP contribution in [-0.4, -0.2) is 47.4 Å². The van der Waals surface area contributed by atoms with E-state index in [2.05, 4.69) is 55.6 Å². The van der Waals surface area contributed by atoms with E-state index in [1.54, 1.807) is 0 Å². The summed E-state index contributed by atoms with van der Waals surface area (Å²) >= 11 is 0. The maximum absolute atomic E-state index is 12.6. The average Bonchev–Trinajstić information content (AvgIpc) is 3.49. The molecule has 0 aromatic carbocycles. The molecule has 0 saturated carbocycles. The molecule has 0 heterocycles. The highest BCUT2D eigenvalue weighted by molar-refractivity contribution is 5.76. The van der Waals surface area contributed by atoms with Gasteiger partial charge in [0.2, 0.25) is 5.91 Å². The van der Waals surface area contributed by atoms with Gasteiger partial charge >= 0.3 is 5.97 Å².